The lowest BCUT2D eigenvalue weighted by Crippen LogP contribution is -2.07. The highest BCUT2D eigenvalue weighted by Crippen LogP contribution is 2.13. The molecule has 0 heterocycles. The predicted molar refractivity (Wildman–Crippen MR) is 55.2 cm³/mol. The molecule has 0 saturated carbocycles. The lowest BCUT2D eigenvalue weighted by atomic mass is 10.2. The van der Waals surface area contributed by atoms with Crippen LogP contribution in [-0.4, -0.2) is 23.2 Å². The third-order valence-corrected chi connectivity index (χ3v) is 2.33. The van der Waals surface area contributed by atoms with Crippen LogP contribution in [-0.2, 0) is 14.3 Å². The second-order valence-electron chi connectivity index (χ2n) is 2.62. The van der Waals surface area contributed by atoms with Crippen LogP contribution in [0.25, 0.3) is 0 Å². The number of hydrogen-bond donors (Lipinski definition) is 0. The lowest BCUT2D eigenvalue weighted by Gasteiger charge is -2.05. The van der Waals surface area contributed by atoms with Crippen molar-refractivity contribution in [1.82, 2.24) is 0 Å². The molecular weight excluding hydrogens is 227 g/mol. The highest BCUT2D eigenvalue weighted by Gasteiger charge is 2.12. The molecule has 0 aromatic carbocycles. The Morgan fingerprint density at radius 2 is 2.21 bits per heavy atom. The first-order valence-electron chi connectivity index (χ1n) is 4.32. The summed E-state index contributed by atoms with van der Waals surface area (Å²) in [6.07, 6.45) is 1.45. The maximum absolute atomic E-state index is 10.5. The summed E-state index contributed by atoms with van der Waals surface area (Å²) in [5.74, 6) is 1.95. The standard InChI is InChI=1S/C9H12Cl2O3/c1-2-14-7(6-12)4-3-5-8(10)9(11)13/h8H,2-5H2,1H3. The fourth-order valence-electron chi connectivity index (χ4n) is 0.882. The monoisotopic (exact) mass is 238 g/mol. The first-order chi connectivity index (χ1) is 6.61. The maximum Gasteiger partial charge on any atom is 0.239 e. The highest BCUT2D eigenvalue weighted by molar-refractivity contribution is 6.69. The number of ether oxygens (including phenoxy) is 1. The van der Waals surface area contributed by atoms with Crippen molar-refractivity contribution >= 4 is 34.4 Å². The van der Waals surface area contributed by atoms with Gasteiger partial charge in [-0.15, -0.1) is 11.6 Å². The lowest BCUT2D eigenvalue weighted by molar-refractivity contribution is -0.111. The van der Waals surface area contributed by atoms with Crippen LogP contribution in [0, 0.1) is 0 Å². The second kappa shape index (κ2) is 7.86. The van der Waals surface area contributed by atoms with E-state index < -0.39 is 10.6 Å². The van der Waals surface area contributed by atoms with Gasteiger partial charge in [0, 0.05) is 6.42 Å². The summed E-state index contributed by atoms with van der Waals surface area (Å²) in [6.45, 7) is 2.22. The molecule has 5 heteroatoms. The third kappa shape index (κ3) is 6.03. The number of rotatable bonds is 7. The average Bonchev–Trinajstić information content (AvgIpc) is 2.16. The first kappa shape index (κ1) is 13.5. The quantitative estimate of drug-likeness (QED) is 0.296. The van der Waals surface area contributed by atoms with Crippen molar-refractivity contribution < 1.29 is 14.3 Å². The zero-order valence-corrected chi connectivity index (χ0v) is 9.40. The minimum absolute atomic E-state index is 0.262. The number of alkyl halides is 1. The van der Waals surface area contributed by atoms with Gasteiger partial charge in [0.25, 0.3) is 0 Å². The number of allylic oxidation sites excluding steroid dienone is 1. The molecule has 0 amide bonds. The van der Waals surface area contributed by atoms with Gasteiger partial charge in [-0.1, -0.05) is 0 Å². The molecule has 0 radical (unpaired) electrons. The molecule has 3 nitrogen and oxygen atoms in total. The van der Waals surface area contributed by atoms with E-state index in [0.29, 0.717) is 25.9 Å². The summed E-state index contributed by atoms with van der Waals surface area (Å²) in [6, 6.07) is 0. The smallest absolute Gasteiger partial charge is 0.239 e. The zero-order valence-electron chi connectivity index (χ0n) is 7.89. The number of hydrogen-bond acceptors (Lipinski definition) is 3. The van der Waals surface area contributed by atoms with Crippen molar-refractivity contribution in [2.45, 2.75) is 31.6 Å². The van der Waals surface area contributed by atoms with Gasteiger partial charge in [0.15, 0.2) is 11.7 Å². The predicted octanol–water partition coefficient (Wildman–Crippen LogP) is 2.28. The fourth-order valence-corrected chi connectivity index (χ4v) is 1.15. The molecule has 0 N–H and O–H groups in total. The molecule has 0 saturated heterocycles. The van der Waals surface area contributed by atoms with Gasteiger partial charge in [0.05, 0.1) is 6.61 Å². The van der Waals surface area contributed by atoms with E-state index in [-0.39, 0.29) is 5.76 Å². The Morgan fingerprint density at radius 1 is 1.57 bits per heavy atom. The Hall–Kier alpha value is -0.500. The van der Waals surface area contributed by atoms with Gasteiger partial charge in [0.1, 0.15) is 5.38 Å². The Labute approximate surface area is 93.0 Å². The van der Waals surface area contributed by atoms with Crippen molar-refractivity contribution in [3.8, 4) is 0 Å². The van der Waals surface area contributed by atoms with E-state index in [1.165, 1.54) is 0 Å². The van der Waals surface area contributed by atoms with Gasteiger partial charge < -0.3 is 4.74 Å². The molecule has 1 unspecified atom stereocenters. The number of carbonyl (C=O) groups excluding carboxylic acids is 2. The molecule has 0 aliphatic carbocycles. The van der Waals surface area contributed by atoms with Gasteiger partial charge in [-0.25, -0.2) is 4.79 Å². The highest BCUT2D eigenvalue weighted by atomic mass is 35.5. The zero-order chi connectivity index (χ0) is 11.0. The van der Waals surface area contributed by atoms with Gasteiger partial charge in [0.2, 0.25) is 5.24 Å². The largest absolute Gasteiger partial charge is 0.487 e. The van der Waals surface area contributed by atoms with E-state index in [2.05, 4.69) is 0 Å². The van der Waals surface area contributed by atoms with E-state index in [4.69, 9.17) is 27.9 Å². The van der Waals surface area contributed by atoms with Crippen LogP contribution < -0.4 is 0 Å². The van der Waals surface area contributed by atoms with Crippen LogP contribution in [0.1, 0.15) is 26.2 Å². The Balaban J connectivity index is 3.72. The Kier molecular flexibility index (Phi) is 7.58. The summed E-state index contributed by atoms with van der Waals surface area (Å²) in [5, 5.41) is -1.26. The maximum atomic E-state index is 10.5. The third-order valence-electron chi connectivity index (χ3n) is 1.54. The molecule has 0 rings (SSSR count). The Morgan fingerprint density at radius 3 is 2.64 bits per heavy atom. The van der Waals surface area contributed by atoms with E-state index in [1.54, 1.807) is 12.9 Å². The van der Waals surface area contributed by atoms with Crippen molar-refractivity contribution in [3.05, 3.63) is 5.76 Å². The molecule has 0 bridgehead atoms. The summed E-state index contributed by atoms with van der Waals surface area (Å²) >= 11 is 10.7. The van der Waals surface area contributed by atoms with E-state index in [0.717, 1.165) is 0 Å². The summed E-state index contributed by atoms with van der Waals surface area (Å²) < 4.78 is 4.97. The van der Waals surface area contributed by atoms with Crippen LogP contribution in [0.2, 0.25) is 0 Å². The van der Waals surface area contributed by atoms with Crippen molar-refractivity contribution in [2.75, 3.05) is 6.61 Å². The van der Waals surface area contributed by atoms with Gasteiger partial charge >= 0.3 is 0 Å². The molecule has 0 aromatic heterocycles. The van der Waals surface area contributed by atoms with Crippen molar-refractivity contribution in [1.29, 1.82) is 0 Å². The molecule has 0 spiro atoms. The Bertz CT molecular complexity index is 234. The first-order valence-corrected chi connectivity index (χ1v) is 5.13. The number of halogens is 2. The summed E-state index contributed by atoms with van der Waals surface area (Å²) in [5.41, 5.74) is 0. The number of carbonyl (C=O) groups is 1. The topological polar surface area (TPSA) is 43.4 Å². The van der Waals surface area contributed by atoms with Crippen molar-refractivity contribution in [2.24, 2.45) is 0 Å². The summed E-state index contributed by atoms with van der Waals surface area (Å²) in [4.78, 5) is 20.8. The van der Waals surface area contributed by atoms with E-state index >= 15 is 0 Å². The second-order valence-corrected chi connectivity index (χ2v) is 3.52. The normalized spacial score (nSPS) is 11.6. The van der Waals surface area contributed by atoms with Gasteiger partial charge in [-0.2, -0.15) is 0 Å². The van der Waals surface area contributed by atoms with Gasteiger partial charge in [-0.05, 0) is 31.4 Å². The summed E-state index contributed by atoms with van der Waals surface area (Å²) in [7, 11) is 0. The van der Waals surface area contributed by atoms with Crippen molar-refractivity contribution in [3.63, 3.8) is 0 Å². The molecule has 0 fully saturated rings. The van der Waals surface area contributed by atoms with E-state index in [9.17, 15) is 9.59 Å². The fraction of sp³-hybridized carbons (Fsp3) is 0.667. The van der Waals surface area contributed by atoms with Crippen LogP contribution in [0.15, 0.2) is 5.76 Å². The minimum atomic E-state index is -0.689. The van der Waals surface area contributed by atoms with Gasteiger partial charge in [-0.3, -0.25) is 4.79 Å². The van der Waals surface area contributed by atoms with Crippen LogP contribution in [0.3, 0.4) is 0 Å². The average molecular weight is 239 g/mol. The minimum Gasteiger partial charge on any atom is -0.487 e. The molecule has 80 valence electrons. The molecule has 0 aliphatic rings. The molecule has 0 aromatic rings. The SMILES string of the molecule is CCOC(=C=O)CCCC(Cl)C(=O)Cl. The van der Waals surface area contributed by atoms with Crippen LogP contribution in [0.4, 0.5) is 0 Å². The molecule has 0 aliphatic heterocycles. The molecule has 14 heavy (non-hydrogen) atoms. The van der Waals surface area contributed by atoms with Crippen LogP contribution >= 0.6 is 23.2 Å². The van der Waals surface area contributed by atoms with Crippen LogP contribution in [0.5, 0.6) is 0 Å². The van der Waals surface area contributed by atoms with E-state index in [1.807, 2.05) is 0 Å². The molecule has 1 atom stereocenters. The molecular formula is C9H12Cl2O3.